The molecule has 2 aliphatic rings. The molecule has 0 amide bonds. The monoisotopic (exact) mass is 355 g/mol. The van der Waals surface area contributed by atoms with Gasteiger partial charge in [0.25, 0.3) is 0 Å². The number of rotatable bonds is 4. The van der Waals surface area contributed by atoms with E-state index in [0.717, 1.165) is 17.5 Å². The summed E-state index contributed by atoms with van der Waals surface area (Å²) in [6.45, 7) is 2.83. The number of nitrogens with one attached hydrogen (secondary N) is 1. The lowest BCUT2D eigenvalue weighted by atomic mass is 9.55. The van der Waals surface area contributed by atoms with E-state index in [1.54, 1.807) is 0 Å². The minimum Gasteiger partial charge on any atom is -0.379 e. The molecular formula is C17H23BrFNO. The van der Waals surface area contributed by atoms with Crippen molar-refractivity contribution in [2.45, 2.75) is 57.6 Å². The largest absolute Gasteiger partial charge is 0.379 e. The topological polar surface area (TPSA) is 21.3 Å². The summed E-state index contributed by atoms with van der Waals surface area (Å²) in [5.41, 5.74) is 0.830. The molecule has 1 aromatic rings. The van der Waals surface area contributed by atoms with E-state index in [1.165, 1.54) is 38.2 Å². The van der Waals surface area contributed by atoms with Gasteiger partial charge in [-0.1, -0.05) is 35.2 Å². The van der Waals surface area contributed by atoms with E-state index in [4.69, 9.17) is 4.74 Å². The molecule has 1 spiro atoms. The van der Waals surface area contributed by atoms with Gasteiger partial charge in [-0.25, -0.2) is 4.39 Å². The van der Waals surface area contributed by atoms with Gasteiger partial charge >= 0.3 is 0 Å². The van der Waals surface area contributed by atoms with Crippen LogP contribution in [0.4, 0.5) is 10.1 Å². The Balaban J connectivity index is 1.75. The highest BCUT2D eigenvalue weighted by molar-refractivity contribution is 9.10. The molecule has 1 N–H and O–H groups in total. The first-order chi connectivity index (χ1) is 10.2. The van der Waals surface area contributed by atoms with Crippen molar-refractivity contribution < 1.29 is 9.13 Å². The van der Waals surface area contributed by atoms with Gasteiger partial charge < -0.3 is 10.1 Å². The fourth-order valence-corrected chi connectivity index (χ4v) is 4.39. The first-order valence-corrected chi connectivity index (χ1v) is 8.78. The maximum Gasteiger partial charge on any atom is 0.147 e. The van der Waals surface area contributed by atoms with E-state index in [9.17, 15) is 4.39 Å². The van der Waals surface area contributed by atoms with Crippen LogP contribution in [-0.2, 0) is 4.74 Å². The number of benzene rings is 1. The minimum absolute atomic E-state index is 0.185. The molecule has 116 valence electrons. The lowest BCUT2D eigenvalue weighted by Gasteiger charge is -2.58. The Kier molecular flexibility index (Phi) is 4.55. The van der Waals surface area contributed by atoms with Crippen molar-refractivity contribution in [1.29, 1.82) is 0 Å². The molecule has 21 heavy (non-hydrogen) atoms. The molecule has 0 bridgehead atoms. The Labute approximate surface area is 134 Å². The number of ether oxygens (including phenoxy) is 1. The average molecular weight is 356 g/mol. The van der Waals surface area contributed by atoms with Gasteiger partial charge in [0, 0.05) is 22.5 Å². The van der Waals surface area contributed by atoms with Gasteiger partial charge in [-0.2, -0.15) is 0 Å². The van der Waals surface area contributed by atoms with Crippen LogP contribution in [0.25, 0.3) is 0 Å². The SMILES string of the molecule is CCOC1CC(Nc2ccc(Br)cc2F)C12CCCCC2. The molecule has 0 radical (unpaired) electrons. The van der Waals surface area contributed by atoms with Crippen molar-refractivity contribution in [3.05, 3.63) is 28.5 Å². The molecule has 0 aliphatic heterocycles. The van der Waals surface area contributed by atoms with Crippen LogP contribution < -0.4 is 5.32 Å². The average Bonchev–Trinajstić information content (AvgIpc) is 2.49. The molecule has 0 aromatic heterocycles. The van der Waals surface area contributed by atoms with Gasteiger partial charge in [0.05, 0.1) is 11.8 Å². The Morgan fingerprint density at radius 3 is 2.76 bits per heavy atom. The molecule has 0 saturated heterocycles. The summed E-state index contributed by atoms with van der Waals surface area (Å²) in [4.78, 5) is 0. The summed E-state index contributed by atoms with van der Waals surface area (Å²) in [5.74, 6) is -0.185. The molecule has 2 aliphatic carbocycles. The smallest absolute Gasteiger partial charge is 0.147 e. The van der Waals surface area contributed by atoms with E-state index in [2.05, 4.69) is 28.2 Å². The number of hydrogen-bond donors (Lipinski definition) is 1. The number of anilines is 1. The van der Waals surface area contributed by atoms with E-state index in [1.807, 2.05) is 12.1 Å². The third-order valence-corrected chi connectivity index (χ3v) is 5.69. The molecule has 4 heteroatoms. The summed E-state index contributed by atoms with van der Waals surface area (Å²) in [5, 5.41) is 3.45. The molecule has 2 saturated carbocycles. The molecule has 1 aromatic carbocycles. The standard InChI is InChI=1S/C17H23BrFNO/c1-2-21-16-11-15(17(16)8-4-3-5-9-17)20-14-7-6-12(18)10-13(14)19/h6-7,10,15-16,20H,2-5,8-9,11H2,1H3. The van der Waals surface area contributed by atoms with E-state index < -0.39 is 0 Å². The quantitative estimate of drug-likeness (QED) is 0.808. The Bertz CT molecular complexity index is 502. The second kappa shape index (κ2) is 6.25. The zero-order valence-electron chi connectivity index (χ0n) is 12.5. The zero-order valence-corrected chi connectivity index (χ0v) is 14.1. The molecule has 3 rings (SSSR count). The van der Waals surface area contributed by atoms with Crippen LogP contribution in [0, 0.1) is 11.2 Å². The summed E-state index contributed by atoms with van der Waals surface area (Å²) in [7, 11) is 0. The normalized spacial score (nSPS) is 27.4. The Morgan fingerprint density at radius 1 is 1.33 bits per heavy atom. The second-order valence-corrected chi connectivity index (χ2v) is 7.21. The maximum absolute atomic E-state index is 14.0. The maximum atomic E-state index is 14.0. The highest BCUT2D eigenvalue weighted by Gasteiger charge is 2.55. The molecule has 0 heterocycles. The van der Waals surface area contributed by atoms with Gasteiger partial charge in [-0.3, -0.25) is 0 Å². The molecule has 2 atom stereocenters. The summed E-state index contributed by atoms with van der Waals surface area (Å²) in [6.07, 6.45) is 7.60. The van der Waals surface area contributed by atoms with Crippen molar-refractivity contribution in [2.75, 3.05) is 11.9 Å². The van der Waals surface area contributed by atoms with Crippen LogP contribution in [0.3, 0.4) is 0 Å². The highest BCUT2D eigenvalue weighted by atomic mass is 79.9. The van der Waals surface area contributed by atoms with Crippen LogP contribution >= 0.6 is 15.9 Å². The van der Waals surface area contributed by atoms with Crippen molar-refractivity contribution >= 4 is 21.6 Å². The fourth-order valence-electron chi connectivity index (χ4n) is 4.06. The molecule has 2 fully saturated rings. The third kappa shape index (κ3) is 2.85. The van der Waals surface area contributed by atoms with Gasteiger partial charge in [0.1, 0.15) is 5.82 Å². The Morgan fingerprint density at radius 2 is 2.10 bits per heavy atom. The van der Waals surface area contributed by atoms with Crippen LogP contribution in [0.2, 0.25) is 0 Å². The van der Waals surface area contributed by atoms with Crippen molar-refractivity contribution in [1.82, 2.24) is 0 Å². The zero-order chi connectivity index (χ0) is 14.9. The number of halogens is 2. The first-order valence-electron chi connectivity index (χ1n) is 7.99. The predicted octanol–water partition coefficient (Wildman–Crippen LogP) is 5.13. The van der Waals surface area contributed by atoms with E-state index in [-0.39, 0.29) is 11.2 Å². The van der Waals surface area contributed by atoms with E-state index in [0.29, 0.717) is 17.8 Å². The number of hydrogen-bond acceptors (Lipinski definition) is 2. The molecule has 2 unspecified atom stereocenters. The second-order valence-electron chi connectivity index (χ2n) is 6.29. The van der Waals surface area contributed by atoms with E-state index >= 15 is 0 Å². The summed E-state index contributed by atoms with van der Waals surface area (Å²) >= 11 is 3.31. The fraction of sp³-hybridized carbons (Fsp3) is 0.647. The lowest BCUT2D eigenvalue weighted by molar-refractivity contribution is -0.134. The van der Waals surface area contributed by atoms with Crippen molar-refractivity contribution in [3.63, 3.8) is 0 Å². The predicted molar refractivity (Wildman–Crippen MR) is 87.1 cm³/mol. The summed E-state index contributed by atoms with van der Waals surface area (Å²) in [6, 6.07) is 5.57. The van der Waals surface area contributed by atoms with Gasteiger partial charge in [-0.05, 0) is 44.4 Å². The van der Waals surface area contributed by atoms with Gasteiger partial charge in [0.15, 0.2) is 0 Å². The van der Waals surface area contributed by atoms with Crippen LogP contribution in [0.15, 0.2) is 22.7 Å². The van der Waals surface area contributed by atoms with Crippen molar-refractivity contribution in [3.8, 4) is 0 Å². The van der Waals surface area contributed by atoms with Crippen LogP contribution in [0.1, 0.15) is 45.4 Å². The van der Waals surface area contributed by atoms with Crippen molar-refractivity contribution in [2.24, 2.45) is 5.41 Å². The highest BCUT2D eigenvalue weighted by Crippen LogP contribution is 2.54. The summed E-state index contributed by atoms with van der Waals surface area (Å²) < 4.78 is 20.8. The lowest BCUT2D eigenvalue weighted by Crippen LogP contribution is -2.62. The first kappa shape index (κ1) is 15.3. The van der Waals surface area contributed by atoms with Crippen LogP contribution in [0.5, 0.6) is 0 Å². The Hall–Kier alpha value is -0.610. The van der Waals surface area contributed by atoms with Crippen LogP contribution in [-0.4, -0.2) is 18.8 Å². The molecular weight excluding hydrogens is 333 g/mol. The van der Waals surface area contributed by atoms with Gasteiger partial charge in [0.2, 0.25) is 0 Å². The van der Waals surface area contributed by atoms with Gasteiger partial charge in [-0.15, -0.1) is 0 Å². The minimum atomic E-state index is -0.185. The molecule has 2 nitrogen and oxygen atoms in total. The third-order valence-electron chi connectivity index (χ3n) is 5.20.